The number of amides is 1. The first-order chi connectivity index (χ1) is 10.2. The van der Waals surface area contributed by atoms with Gasteiger partial charge in [-0.15, -0.1) is 0 Å². The molecule has 2 aromatic heterocycles. The van der Waals surface area contributed by atoms with E-state index in [-0.39, 0.29) is 5.91 Å². The minimum absolute atomic E-state index is 0.279. The molecule has 21 heavy (non-hydrogen) atoms. The fourth-order valence-corrected chi connectivity index (χ4v) is 2.03. The Hall–Kier alpha value is -2.95. The van der Waals surface area contributed by atoms with E-state index in [1.54, 1.807) is 18.3 Å². The highest BCUT2D eigenvalue weighted by Gasteiger charge is 2.04. The maximum absolute atomic E-state index is 11.9. The van der Waals surface area contributed by atoms with Crippen LogP contribution < -0.4 is 5.43 Å². The van der Waals surface area contributed by atoms with Gasteiger partial charge in [-0.2, -0.15) is 5.10 Å². The monoisotopic (exact) mass is 278 g/mol. The van der Waals surface area contributed by atoms with Crippen LogP contribution in [0.15, 0.2) is 53.9 Å². The van der Waals surface area contributed by atoms with Gasteiger partial charge in [0.1, 0.15) is 0 Å². The Labute approximate surface area is 121 Å². The van der Waals surface area contributed by atoms with Crippen molar-refractivity contribution < 1.29 is 4.79 Å². The van der Waals surface area contributed by atoms with Gasteiger partial charge in [-0.1, -0.05) is 18.2 Å². The number of H-pyrrole nitrogens is 1. The number of rotatable bonds is 3. The lowest BCUT2D eigenvalue weighted by Crippen LogP contribution is -2.17. The number of carbonyl (C=O) groups is 1. The van der Waals surface area contributed by atoms with Crippen LogP contribution in [0.2, 0.25) is 0 Å². The van der Waals surface area contributed by atoms with E-state index in [1.807, 2.05) is 37.4 Å². The molecule has 0 fully saturated rings. The van der Waals surface area contributed by atoms with Crippen molar-refractivity contribution in [3.8, 4) is 0 Å². The molecule has 0 aliphatic rings. The van der Waals surface area contributed by atoms with E-state index in [2.05, 4.69) is 20.5 Å². The molecule has 2 N–H and O–H groups in total. The topological polar surface area (TPSA) is 70.1 Å². The Morgan fingerprint density at radius 1 is 1.29 bits per heavy atom. The van der Waals surface area contributed by atoms with Crippen LogP contribution in [-0.2, 0) is 0 Å². The highest BCUT2D eigenvalue weighted by molar-refractivity contribution is 6.00. The molecule has 0 spiro atoms. The van der Waals surface area contributed by atoms with E-state index in [9.17, 15) is 4.79 Å². The molecule has 0 radical (unpaired) electrons. The van der Waals surface area contributed by atoms with Gasteiger partial charge in [0.25, 0.3) is 5.91 Å². The molecule has 1 amide bonds. The summed E-state index contributed by atoms with van der Waals surface area (Å²) in [5, 5.41) is 5.05. The third-order valence-corrected chi connectivity index (χ3v) is 3.16. The molecule has 2 heterocycles. The van der Waals surface area contributed by atoms with Crippen LogP contribution in [0.5, 0.6) is 0 Å². The third kappa shape index (κ3) is 2.81. The van der Waals surface area contributed by atoms with E-state index >= 15 is 0 Å². The molecule has 5 nitrogen and oxygen atoms in total. The standard InChI is InChI=1S/C16H14N4O/c1-11-6-7-12(8-17-11)16(21)20-19-10-13-9-18-15-5-3-2-4-14(13)15/h2-10,18H,1H3,(H,20,21)/b19-10+. The summed E-state index contributed by atoms with van der Waals surface area (Å²) < 4.78 is 0. The fourth-order valence-electron chi connectivity index (χ4n) is 2.03. The van der Waals surface area contributed by atoms with Gasteiger partial charge in [0.2, 0.25) is 0 Å². The average molecular weight is 278 g/mol. The van der Waals surface area contributed by atoms with Crippen molar-refractivity contribution in [1.82, 2.24) is 15.4 Å². The van der Waals surface area contributed by atoms with E-state index in [1.165, 1.54) is 6.20 Å². The molecule has 0 aliphatic carbocycles. The van der Waals surface area contributed by atoms with Crippen LogP contribution in [-0.4, -0.2) is 22.1 Å². The van der Waals surface area contributed by atoms with Crippen molar-refractivity contribution in [2.24, 2.45) is 5.10 Å². The van der Waals surface area contributed by atoms with Gasteiger partial charge in [-0.05, 0) is 25.1 Å². The van der Waals surface area contributed by atoms with Gasteiger partial charge < -0.3 is 4.98 Å². The van der Waals surface area contributed by atoms with Crippen molar-refractivity contribution in [2.75, 3.05) is 0 Å². The van der Waals surface area contributed by atoms with E-state index < -0.39 is 0 Å². The number of fused-ring (bicyclic) bond motifs is 1. The molecular weight excluding hydrogens is 264 g/mol. The number of aromatic amines is 1. The number of para-hydroxylation sites is 1. The Balaban J connectivity index is 1.72. The summed E-state index contributed by atoms with van der Waals surface area (Å²) in [5.74, 6) is -0.279. The number of nitrogens with zero attached hydrogens (tertiary/aromatic N) is 2. The summed E-state index contributed by atoms with van der Waals surface area (Å²) >= 11 is 0. The van der Waals surface area contributed by atoms with Crippen molar-refractivity contribution in [3.63, 3.8) is 0 Å². The van der Waals surface area contributed by atoms with Crippen molar-refractivity contribution in [1.29, 1.82) is 0 Å². The molecule has 0 bridgehead atoms. The summed E-state index contributed by atoms with van der Waals surface area (Å²) in [6.45, 7) is 1.87. The SMILES string of the molecule is Cc1ccc(C(=O)N/N=C/c2c[nH]c3ccccc23)cn1. The summed E-state index contributed by atoms with van der Waals surface area (Å²) in [6, 6.07) is 11.4. The van der Waals surface area contributed by atoms with E-state index in [0.29, 0.717) is 5.56 Å². The number of nitrogens with one attached hydrogen (secondary N) is 2. The second kappa shape index (κ2) is 5.58. The number of hydrogen-bond acceptors (Lipinski definition) is 3. The predicted molar refractivity (Wildman–Crippen MR) is 82.3 cm³/mol. The predicted octanol–water partition coefficient (Wildman–Crippen LogP) is 2.64. The van der Waals surface area contributed by atoms with E-state index in [4.69, 9.17) is 0 Å². The summed E-state index contributed by atoms with van der Waals surface area (Å²) in [4.78, 5) is 19.1. The number of aromatic nitrogens is 2. The summed E-state index contributed by atoms with van der Waals surface area (Å²) in [5.41, 5.74) is 5.81. The van der Waals surface area contributed by atoms with Gasteiger partial charge in [-0.25, -0.2) is 5.43 Å². The van der Waals surface area contributed by atoms with Gasteiger partial charge in [0.15, 0.2) is 0 Å². The molecule has 3 rings (SSSR count). The molecular formula is C16H14N4O. The Bertz CT molecular complexity index is 803. The minimum atomic E-state index is -0.279. The maximum Gasteiger partial charge on any atom is 0.272 e. The van der Waals surface area contributed by atoms with Crippen LogP contribution in [0.25, 0.3) is 10.9 Å². The summed E-state index contributed by atoms with van der Waals surface area (Å²) in [7, 11) is 0. The molecule has 0 aliphatic heterocycles. The molecule has 0 saturated heterocycles. The van der Waals surface area contributed by atoms with Crippen LogP contribution in [0.3, 0.4) is 0 Å². The number of benzene rings is 1. The average Bonchev–Trinajstić information content (AvgIpc) is 2.91. The van der Waals surface area contributed by atoms with Crippen LogP contribution in [0.4, 0.5) is 0 Å². The second-order valence-electron chi connectivity index (χ2n) is 4.68. The first-order valence-corrected chi connectivity index (χ1v) is 6.56. The van der Waals surface area contributed by atoms with Gasteiger partial charge >= 0.3 is 0 Å². The van der Waals surface area contributed by atoms with Crippen LogP contribution >= 0.6 is 0 Å². The van der Waals surface area contributed by atoms with Gasteiger partial charge in [0, 0.05) is 34.6 Å². The molecule has 3 aromatic rings. The maximum atomic E-state index is 11.9. The van der Waals surface area contributed by atoms with Crippen LogP contribution in [0, 0.1) is 6.92 Å². The first-order valence-electron chi connectivity index (χ1n) is 6.56. The number of hydrogen-bond donors (Lipinski definition) is 2. The van der Waals surface area contributed by atoms with E-state index in [0.717, 1.165) is 22.2 Å². The Morgan fingerprint density at radius 3 is 2.95 bits per heavy atom. The number of aryl methyl sites for hydroxylation is 1. The second-order valence-corrected chi connectivity index (χ2v) is 4.68. The molecule has 104 valence electrons. The fraction of sp³-hybridized carbons (Fsp3) is 0.0625. The third-order valence-electron chi connectivity index (χ3n) is 3.16. The largest absolute Gasteiger partial charge is 0.361 e. The first kappa shape index (κ1) is 13.1. The Morgan fingerprint density at radius 2 is 2.14 bits per heavy atom. The van der Waals surface area contributed by atoms with Gasteiger partial charge in [0.05, 0.1) is 11.8 Å². The molecule has 0 unspecified atom stereocenters. The lowest BCUT2D eigenvalue weighted by molar-refractivity contribution is 0.0955. The van der Waals surface area contributed by atoms with Crippen LogP contribution in [0.1, 0.15) is 21.6 Å². The zero-order chi connectivity index (χ0) is 14.7. The zero-order valence-electron chi connectivity index (χ0n) is 11.5. The normalized spacial score (nSPS) is 11.1. The zero-order valence-corrected chi connectivity index (χ0v) is 11.5. The van der Waals surface area contributed by atoms with Crippen molar-refractivity contribution in [2.45, 2.75) is 6.92 Å². The number of hydrazone groups is 1. The van der Waals surface area contributed by atoms with Gasteiger partial charge in [-0.3, -0.25) is 9.78 Å². The molecule has 0 atom stereocenters. The highest BCUT2D eigenvalue weighted by Crippen LogP contribution is 2.15. The molecule has 0 saturated carbocycles. The lowest BCUT2D eigenvalue weighted by atomic mass is 10.2. The Kier molecular flexibility index (Phi) is 3.47. The molecule has 1 aromatic carbocycles. The minimum Gasteiger partial charge on any atom is -0.361 e. The highest BCUT2D eigenvalue weighted by atomic mass is 16.2. The van der Waals surface area contributed by atoms with Crippen molar-refractivity contribution in [3.05, 3.63) is 65.6 Å². The quantitative estimate of drug-likeness (QED) is 0.571. The molecule has 5 heteroatoms. The number of carbonyl (C=O) groups excluding carboxylic acids is 1. The lowest BCUT2D eigenvalue weighted by Gasteiger charge is -1.99. The summed E-state index contributed by atoms with van der Waals surface area (Å²) in [6.07, 6.45) is 5.01. The smallest absolute Gasteiger partial charge is 0.272 e. The number of pyridine rings is 1. The van der Waals surface area contributed by atoms with Crippen molar-refractivity contribution >= 4 is 23.0 Å².